The van der Waals surface area contributed by atoms with Crippen LogP contribution in [0, 0.1) is 5.92 Å². The van der Waals surface area contributed by atoms with E-state index < -0.39 is 0 Å². The highest BCUT2D eigenvalue weighted by Gasteiger charge is 2.27. The van der Waals surface area contributed by atoms with Crippen LogP contribution in [-0.4, -0.2) is 24.7 Å². The summed E-state index contributed by atoms with van der Waals surface area (Å²) >= 11 is 1.70. The minimum Gasteiger partial charge on any atom is -0.369 e. The van der Waals surface area contributed by atoms with Crippen LogP contribution in [0.25, 0.3) is 10.2 Å². The van der Waals surface area contributed by atoms with E-state index in [1.165, 1.54) is 10.4 Å². The van der Waals surface area contributed by atoms with Gasteiger partial charge in [-0.15, -0.1) is 11.3 Å². The Kier molecular flexibility index (Phi) is 2.09. The second-order valence-corrected chi connectivity index (χ2v) is 4.81. The predicted molar refractivity (Wildman–Crippen MR) is 61.3 cm³/mol. The molecule has 3 rings (SSSR count). The van der Waals surface area contributed by atoms with Gasteiger partial charge in [0.05, 0.1) is 22.6 Å². The topological polar surface area (TPSA) is 16.1 Å². The Labute approximate surface area is 91.4 Å². The van der Waals surface area contributed by atoms with Gasteiger partial charge in [-0.2, -0.15) is 0 Å². The van der Waals surface area contributed by atoms with Gasteiger partial charge in [-0.1, -0.05) is 0 Å². The van der Waals surface area contributed by atoms with E-state index in [0.717, 1.165) is 18.6 Å². The fraction of sp³-hybridized carbons (Fsp3) is 0.364. The van der Waals surface area contributed by atoms with Crippen LogP contribution in [0.1, 0.15) is 0 Å². The molecule has 3 heterocycles. The monoisotopic (exact) mass is 222 g/mol. The molecule has 0 unspecified atom stereocenters. The molecule has 0 bridgehead atoms. The highest BCUT2D eigenvalue weighted by Crippen LogP contribution is 2.33. The molecule has 0 amide bonds. The van der Waals surface area contributed by atoms with Crippen LogP contribution in [0.3, 0.4) is 0 Å². The zero-order chi connectivity index (χ0) is 10.3. The Bertz CT molecular complexity index is 476. The molecular formula is C11H11FN2S. The van der Waals surface area contributed by atoms with E-state index in [4.69, 9.17) is 0 Å². The molecular weight excluding hydrogens is 211 g/mol. The Morgan fingerprint density at radius 3 is 3.13 bits per heavy atom. The molecule has 0 saturated carbocycles. The van der Waals surface area contributed by atoms with Crippen molar-refractivity contribution in [1.29, 1.82) is 0 Å². The summed E-state index contributed by atoms with van der Waals surface area (Å²) in [7, 11) is 0. The Morgan fingerprint density at radius 1 is 1.47 bits per heavy atom. The van der Waals surface area contributed by atoms with Crippen LogP contribution in [0.2, 0.25) is 0 Å². The van der Waals surface area contributed by atoms with Crippen LogP contribution in [0.4, 0.5) is 10.1 Å². The molecule has 15 heavy (non-hydrogen) atoms. The molecule has 0 spiro atoms. The Hall–Kier alpha value is -1.16. The number of hydrogen-bond donors (Lipinski definition) is 0. The number of pyridine rings is 1. The molecule has 0 atom stereocenters. The number of anilines is 1. The summed E-state index contributed by atoms with van der Waals surface area (Å²) in [6, 6.07) is 4.04. The fourth-order valence-corrected chi connectivity index (χ4v) is 2.87. The maximum absolute atomic E-state index is 12.3. The van der Waals surface area contributed by atoms with Crippen LogP contribution in [0.15, 0.2) is 23.7 Å². The lowest BCUT2D eigenvalue weighted by atomic mass is 10.0. The van der Waals surface area contributed by atoms with Crippen molar-refractivity contribution in [3.8, 4) is 0 Å². The lowest BCUT2D eigenvalue weighted by Crippen LogP contribution is -2.47. The molecule has 78 valence electrons. The van der Waals surface area contributed by atoms with E-state index in [-0.39, 0.29) is 12.6 Å². The third-order valence-electron chi connectivity index (χ3n) is 2.84. The van der Waals surface area contributed by atoms with Crippen LogP contribution < -0.4 is 4.90 Å². The molecule has 1 fully saturated rings. The number of fused-ring (bicyclic) bond motifs is 1. The summed E-state index contributed by atoms with van der Waals surface area (Å²) in [4.78, 5) is 6.52. The van der Waals surface area contributed by atoms with Gasteiger partial charge in [0.2, 0.25) is 0 Å². The second-order valence-electron chi connectivity index (χ2n) is 3.89. The zero-order valence-electron chi connectivity index (χ0n) is 8.19. The predicted octanol–water partition coefficient (Wildman–Crippen LogP) is 2.70. The molecule has 1 aliphatic rings. The average Bonchev–Trinajstić information content (AvgIpc) is 2.64. The van der Waals surface area contributed by atoms with Gasteiger partial charge in [0.25, 0.3) is 0 Å². The summed E-state index contributed by atoms with van der Waals surface area (Å²) in [6.07, 6.45) is 1.83. The summed E-state index contributed by atoms with van der Waals surface area (Å²) < 4.78 is 13.6. The normalized spacial score (nSPS) is 17.0. The first-order valence-electron chi connectivity index (χ1n) is 5.01. The summed E-state index contributed by atoms with van der Waals surface area (Å²) in [5.41, 5.74) is 2.25. The van der Waals surface area contributed by atoms with Gasteiger partial charge < -0.3 is 4.90 Å². The van der Waals surface area contributed by atoms with E-state index in [2.05, 4.69) is 9.88 Å². The molecule has 0 aromatic carbocycles. The highest BCUT2D eigenvalue weighted by molar-refractivity contribution is 7.17. The molecule has 0 radical (unpaired) electrons. The minimum atomic E-state index is -0.199. The van der Waals surface area contributed by atoms with E-state index in [9.17, 15) is 4.39 Å². The van der Waals surface area contributed by atoms with Gasteiger partial charge in [-0.05, 0) is 17.5 Å². The molecule has 0 N–H and O–H groups in total. The van der Waals surface area contributed by atoms with Crippen LogP contribution >= 0.6 is 11.3 Å². The lowest BCUT2D eigenvalue weighted by Gasteiger charge is -2.39. The van der Waals surface area contributed by atoms with Crippen LogP contribution in [0.5, 0.6) is 0 Å². The number of alkyl halides is 1. The van der Waals surface area contributed by atoms with Crippen LogP contribution in [-0.2, 0) is 0 Å². The van der Waals surface area contributed by atoms with Crippen molar-refractivity contribution in [2.75, 3.05) is 24.7 Å². The third kappa shape index (κ3) is 1.40. The fourth-order valence-electron chi connectivity index (χ4n) is 1.97. The maximum atomic E-state index is 12.3. The maximum Gasteiger partial charge on any atom is 0.0956 e. The van der Waals surface area contributed by atoms with Gasteiger partial charge in [-0.25, -0.2) is 0 Å². The zero-order valence-corrected chi connectivity index (χ0v) is 9.01. The van der Waals surface area contributed by atoms with Gasteiger partial charge in [0.15, 0.2) is 0 Å². The van der Waals surface area contributed by atoms with Crippen molar-refractivity contribution in [3.05, 3.63) is 23.7 Å². The summed E-state index contributed by atoms with van der Waals surface area (Å²) in [5, 5.41) is 2.05. The van der Waals surface area contributed by atoms with E-state index >= 15 is 0 Å². The van der Waals surface area contributed by atoms with Crippen molar-refractivity contribution in [3.63, 3.8) is 0 Å². The first-order chi connectivity index (χ1) is 7.38. The van der Waals surface area contributed by atoms with Gasteiger partial charge in [0, 0.05) is 25.2 Å². The molecule has 2 aromatic heterocycles. The standard InChI is InChI=1S/C11H11FN2S/c12-5-8-6-14(7-8)10-1-3-13-9-2-4-15-11(9)10/h1-4,8H,5-7H2. The SMILES string of the molecule is FCC1CN(c2ccnc3ccsc23)C1. The lowest BCUT2D eigenvalue weighted by molar-refractivity contribution is 0.306. The number of nitrogens with zero attached hydrogens (tertiary/aromatic N) is 2. The van der Waals surface area contributed by atoms with E-state index in [1.807, 2.05) is 23.7 Å². The summed E-state index contributed by atoms with van der Waals surface area (Å²) in [5.74, 6) is 0.230. The minimum absolute atomic E-state index is 0.199. The molecule has 1 aliphatic heterocycles. The number of thiophene rings is 1. The van der Waals surface area contributed by atoms with Gasteiger partial charge >= 0.3 is 0 Å². The van der Waals surface area contributed by atoms with Gasteiger partial charge in [0.1, 0.15) is 0 Å². The molecule has 0 aliphatic carbocycles. The average molecular weight is 222 g/mol. The van der Waals surface area contributed by atoms with Crippen molar-refractivity contribution in [2.24, 2.45) is 5.92 Å². The molecule has 1 saturated heterocycles. The van der Waals surface area contributed by atoms with E-state index in [0.29, 0.717) is 0 Å². The Morgan fingerprint density at radius 2 is 2.33 bits per heavy atom. The number of hydrogen-bond acceptors (Lipinski definition) is 3. The molecule has 2 nitrogen and oxygen atoms in total. The van der Waals surface area contributed by atoms with Crippen molar-refractivity contribution < 1.29 is 4.39 Å². The van der Waals surface area contributed by atoms with E-state index in [1.54, 1.807) is 11.3 Å². The van der Waals surface area contributed by atoms with Gasteiger partial charge in [-0.3, -0.25) is 9.37 Å². The van der Waals surface area contributed by atoms with Crippen molar-refractivity contribution in [1.82, 2.24) is 4.98 Å². The largest absolute Gasteiger partial charge is 0.369 e. The van der Waals surface area contributed by atoms with Crippen molar-refractivity contribution in [2.45, 2.75) is 0 Å². The first kappa shape index (κ1) is 9.09. The summed E-state index contributed by atoms with van der Waals surface area (Å²) in [6.45, 7) is 1.48. The number of rotatable bonds is 2. The highest BCUT2D eigenvalue weighted by atomic mass is 32.1. The second kappa shape index (κ2) is 3.45. The van der Waals surface area contributed by atoms with Crippen molar-refractivity contribution >= 4 is 27.2 Å². The number of aromatic nitrogens is 1. The molecule has 2 aromatic rings. The quantitative estimate of drug-likeness (QED) is 0.776. The smallest absolute Gasteiger partial charge is 0.0956 e. The first-order valence-corrected chi connectivity index (χ1v) is 5.89. The number of halogens is 1. The Balaban J connectivity index is 1.95. The third-order valence-corrected chi connectivity index (χ3v) is 3.77. The molecule has 4 heteroatoms.